The molecule has 1 aromatic rings. The van der Waals surface area contributed by atoms with Crippen molar-refractivity contribution in [3.8, 4) is 5.75 Å². The molecule has 0 unspecified atom stereocenters. The summed E-state index contributed by atoms with van der Waals surface area (Å²) in [6.07, 6.45) is -0.0655. The van der Waals surface area contributed by atoms with Crippen molar-refractivity contribution in [1.82, 2.24) is 37.2 Å². The molecule has 0 radical (unpaired) electrons. The largest absolute Gasteiger partial charge is 0.508 e. The van der Waals surface area contributed by atoms with Gasteiger partial charge in [-0.25, -0.2) is 4.79 Å². The van der Waals surface area contributed by atoms with Gasteiger partial charge in [0.25, 0.3) is 0 Å². The number of carbonyl (C=O) groups is 8. The van der Waals surface area contributed by atoms with Gasteiger partial charge in [0.05, 0.1) is 26.3 Å². The van der Waals surface area contributed by atoms with Crippen LogP contribution in [0.3, 0.4) is 0 Å². The Bertz CT molecular complexity index is 1390. The van der Waals surface area contributed by atoms with E-state index in [4.69, 9.17) is 5.73 Å². The summed E-state index contributed by atoms with van der Waals surface area (Å²) in [4.78, 5) is 99.5. The zero-order chi connectivity index (χ0) is 38.8. The van der Waals surface area contributed by atoms with Crippen LogP contribution in [0.15, 0.2) is 24.3 Å². The average Bonchev–Trinajstić information content (AvgIpc) is 3.07. The third-order valence-electron chi connectivity index (χ3n) is 7.11. The van der Waals surface area contributed by atoms with Gasteiger partial charge in [-0.15, -0.1) is 0 Å². The molecule has 0 aliphatic rings. The quantitative estimate of drug-likeness (QED) is 0.0566. The fraction of sp³-hybridized carbons (Fsp3) is 0.548. The summed E-state index contributed by atoms with van der Waals surface area (Å²) < 4.78 is 0. The number of aliphatic carboxylic acids is 1. The van der Waals surface area contributed by atoms with E-state index in [1.165, 1.54) is 38.1 Å². The molecule has 1 rings (SSSR count). The minimum Gasteiger partial charge on any atom is -0.508 e. The van der Waals surface area contributed by atoms with Crippen LogP contribution in [0.25, 0.3) is 0 Å². The van der Waals surface area contributed by atoms with E-state index in [9.17, 15) is 58.8 Å². The Hall–Kier alpha value is -5.34. The van der Waals surface area contributed by atoms with E-state index in [2.05, 4.69) is 37.2 Å². The SMILES string of the molecule is CC(C)C[C@H](NC(=O)[C@H](CO)NC(=O)CNC(=O)[C@H](Cc1ccc(O)cc1)NC(=O)[C@H](C)NC(=O)[C@H](CO)NC(=O)[C@H](C)NC(=O)CN)C(=O)O. The van der Waals surface area contributed by atoms with Gasteiger partial charge >= 0.3 is 5.97 Å². The third kappa shape index (κ3) is 15.8. The number of aliphatic hydroxyl groups is 2. The van der Waals surface area contributed by atoms with Crippen LogP contribution in [0.4, 0.5) is 0 Å². The molecule has 51 heavy (non-hydrogen) atoms. The molecule has 0 heterocycles. The second kappa shape index (κ2) is 21.7. The number of hydrogen-bond acceptors (Lipinski definition) is 12. The van der Waals surface area contributed by atoms with Crippen LogP contribution < -0.4 is 43.0 Å². The van der Waals surface area contributed by atoms with E-state index in [0.29, 0.717) is 5.56 Å². The highest BCUT2D eigenvalue weighted by Gasteiger charge is 2.30. The molecule has 0 aliphatic carbocycles. The first-order valence-electron chi connectivity index (χ1n) is 15.9. The van der Waals surface area contributed by atoms with E-state index in [-0.39, 0.29) is 31.1 Å². The summed E-state index contributed by atoms with van der Waals surface area (Å²) in [5, 5.41) is 54.3. The molecule has 0 aromatic heterocycles. The smallest absolute Gasteiger partial charge is 0.326 e. The fourth-order valence-electron chi connectivity index (χ4n) is 4.31. The molecule has 6 atom stereocenters. The van der Waals surface area contributed by atoms with Gasteiger partial charge in [0, 0.05) is 6.42 Å². The van der Waals surface area contributed by atoms with Crippen LogP contribution in [0, 0.1) is 5.92 Å². The van der Waals surface area contributed by atoms with Crippen molar-refractivity contribution in [2.24, 2.45) is 11.7 Å². The average molecular weight is 725 g/mol. The molecule has 13 N–H and O–H groups in total. The monoisotopic (exact) mass is 724 g/mol. The lowest BCUT2D eigenvalue weighted by atomic mass is 10.0. The number of carbonyl (C=O) groups excluding carboxylic acids is 7. The van der Waals surface area contributed by atoms with E-state index in [1.54, 1.807) is 13.8 Å². The predicted molar refractivity (Wildman–Crippen MR) is 178 cm³/mol. The third-order valence-corrected chi connectivity index (χ3v) is 7.11. The highest BCUT2D eigenvalue weighted by molar-refractivity contribution is 5.96. The lowest BCUT2D eigenvalue weighted by Gasteiger charge is -2.24. The van der Waals surface area contributed by atoms with Crippen LogP contribution >= 0.6 is 0 Å². The molecular formula is C31H48N8O12. The van der Waals surface area contributed by atoms with E-state index >= 15 is 0 Å². The van der Waals surface area contributed by atoms with Crippen molar-refractivity contribution in [1.29, 1.82) is 0 Å². The zero-order valence-electron chi connectivity index (χ0n) is 28.7. The van der Waals surface area contributed by atoms with Crippen molar-refractivity contribution in [3.05, 3.63) is 29.8 Å². The maximum absolute atomic E-state index is 13.2. The number of nitrogens with one attached hydrogen (secondary N) is 7. The maximum atomic E-state index is 13.2. The van der Waals surface area contributed by atoms with Crippen molar-refractivity contribution < 1.29 is 58.8 Å². The number of nitrogens with two attached hydrogens (primary N) is 1. The molecule has 20 nitrogen and oxygen atoms in total. The van der Waals surface area contributed by atoms with Gasteiger partial charge in [0.2, 0.25) is 41.4 Å². The number of amides is 7. The zero-order valence-corrected chi connectivity index (χ0v) is 28.7. The molecule has 284 valence electrons. The first-order chi connectivity index (χ1) is 23.9. The molecule has 0 saturated carbocycles. The number of phenolic OH excluding ortho intramolecular Hbond substituents is 1. The van der Waals surface area contributed by atoms with Crippen molar-refractivity contribution in [2.45, 2.75) is 76.8 Å². The maximum Gasteiger partial charge on any atom is 0.326 e. The number of aromatic hydroxyl groups is 1. The van der Waals surface area contributed by atoms with E-state index in [0.717, 1.165) is 0 Å². The molecule has 1 aromatic carbocycles. The first-order valence-corrected chi connectivity index (χ1v) is 15.9. The second-order valence-corrected chi connectivity index (χ2v) is 11.9. The number of benzene rings is 1. The van der Waals surface area contributed by atoms with E-state index in [1.807, 2.05) is 0 Å². The Labute approximate surface area is 293 Å². The summed E-state index contributed by atoms with van der Waals surface area (Å²) in [7, 11) is 0. The number of aliphatic hydroxyl groups excluding tert-OH is 2. The Morgan fingerprint density at radius 3 is 1.63 bits per heavy atom. The number of rotatable bonds is 21. The van der Waals surface area contributed by atoms with Crippen LogP contribution in [0.5, 0.6) is 5.75 Å². The molecule has 0 saturated heterocycles. The van der Waals surface area contributed by atoms with Crippen LogP contribution in [0.2, 0.25) is 0 Å². The number of carboxylic acids is 1. The molecule has 20 heteroatoms. The molecule has 0 fully saturated rings. The Balaban J connectivity index is 2.95. The van der Waals surface area contributed by atoms with E-state index < -0.39 is 103 Å². The van der Waals surface area contributed by atoms with Crippen LogP contribution in [-0.4, -0.2) is 130 Å². The highest BCUT2D eigenvalue weighted by atomic mass is 16.4. The summed E-state index contributed by atoms with van der Waals surface area (Å²) in [6, 6.07) is -2.50. The van der Waals surface area contributed by atoms with Gasteiger partial charge in [-0.2, -0.15) is 0 Å². The van der Waals surface area contributed by atoms with Gasteiger partial charge < -0.3 is 63.4 Å². The van der Waals surface area contributed by atoms with Crippen molar-refractivity contribution >= 4 is 47.3 Å². The predicted octanol–water partition coefficient (Wildman–Crippen LogP) is -4.93. The molecule has 7 amide bonds. The van der Waals surface area contributed by atoms with Gasteiger partial charge in [-0.05, 0) is 43.9 Å². The van der Waals surface area contributed by atoms with Gasteiger partial charge in [-0.3, -0.25) is 33.6 Å². The summed E-state index contributed by atoms with van der Waals surface area (Å²) in [6.45, 7) is 3.21. The number of carboxylic acid groups (broad SMARTS) is 1. The fourth-order valence-corrected chi connectivity index (χ4v) is 4.31. The summed E-state index contributed by atoms with van der Waals surface area (Å²) >= 11 is 0. The molecular weight excluding hydrogens is 676 g/mol. The minimum absolute atomic E-state index is 0.0696. The minimum atomic E-state index is -1.54. The Morgan fingerprint density at radius 2 is 1.12 bits per heavy atom. The summed E-state index contributed by atoms with van der Waals surface area (Å²) in [5.41, 5.74) is 5.67. The second-order valence-electron chi connectivity index (χ2n) is 11.9. The van der Waals surface area contributed by atoms with Gasteiger partial charge in [0.1, 0.15) is 42.0 Å². The first kappa shape index (κ1) is 43.7. The molecule has 0 bridgehead atoms. The topological polar surface area (TPSA) is 328 Å². The lowest BCUT2D eigenvalue weighted by Crippen LogP contribution is -2.59. The number of phenols is 1. The number of hydrogen-bond donors (Lipinski definition) is 12. The van der Waals surface area contributed by atoms with Crippen LogP contribution in [0.1, 0.15) is 39.7 Å². The summed E-state index contributed by atoms with van der Waals surface area (Å²) in [5.74, 6) is -7.55. The highest BCUT2D eigenvalue weighted by Crippen LogP contribution is 2.12. The standard InChI is InChI=1S/C31H48N8O12/c1-15(2)9-21(31(50)51)38-30(49)22(13-40)36-25(44)12-33-28(47)20(10-18-5-7-19(42)8-6-18)37-27(46)17(4)35-29(48)23(14-41)39-26(45)16(3)34-24(43)11-32/h5-8,15-17,20-23,40-42H,9-14,32H2,1-4H3,(H,33,47)(H,34,43)(H,35,48)(H,36,44)(H,37,46)(H,38,49)(H,39,45)(H,50,51)/t16-,17-,20-,21-,22-,23-/m0/s1. The van der Waals surface area contributed by atoms with Crippen LogP contribution in [-0.2, 0) is 44.8 Å². The molecule has 0 spiro atoms. The Kier molecular flexibility index (Phi) is 18.6. The molecule has 0 aliphatic heterocycles. The van der Waals surface area contributed by atoms with Gasteiger partial charge in [-0.1, -0.05) is 26.0 Å². The van der Waals surface area contributed by atoms with Crippen molar-refractivity contribution in [2.75, 3.05) is 26.3 Å². The lowest BCUT2D eigenvalue weighted by molar-refractivity contribution is -0.143. The normalized spacial score (nSPS) is 14.4. The van der Waals surface area contributed by atoms with Crippen molar-refractivity contribution in [3.63, 3.8) is 0 Å². The van der Waals surface area contributed by atoms with Gasteiger partial charge in [0.15, 0.2) is 0 Å². The Morgan fingerprint density at radius 1 is 0.627 bits per heavy atom.